The van der Waals surface area contributed by atoms with Crippen molar-refractivity contribution in [1.29, 1.82) is 0 Å². The van der Waals surface area contributed by atoms with Crippen molar-refractivity contribution in [2.45, 2.75) is 112 Å². The van der Waals surface area contributed by atoms with Crippen molar-refractivity contribution in [1.82, 2.24) is 0 Å². The number of esters is 1. The number of carbonyl (C=O) groups is 2. The van der Waals surface area contributed by atoms with Crippen LogP contribution in [0.15, 0.2) is 0 Å². The molecule has 0 bridgehead atoms. The minimum absolute atomic E-state index is 0.170. The second kappa shape index (κ2) is 13.2. The number of aliphatic carboxylic acids is 1. The van der Waals surface area contributed by atoms with Crippen molar-refractivity contribution < 1.29 is 19.4 Å². The summed E-state index contributed by atoms with van der Waals surface area (Å²) in [6.45, 7) is 10.5. The fraction of sp³-hybridized carbons (Fsp3) is 0.909. The molecule has 0 amide bonds. The molecule has 2 unspecified atom stereocenters. The van der Waals surface area contributed by atoms with Crippen LogP contribution >= 0.6 is 0 Å². The summed E-state index contributed by atoms with van der Waals surface area (Å²) < 4.78 is 5.52. The molecule has 1 N–H and O–H groups in total. The van der Waals surface area contributed by atoms with Gasteiger partial charge in [-0.25, -0.2) is 0 Å². The molecule has 26 heavy (non-hydrogen) atoms. The zero-order valence-electron chi connectivity index (χ0n) is 17.9. The second-order valence-corrected chi connectivity index (χ2v) is 8.29. The van der Waals surface area contributed by atoms with Gasteiger partial charge in [0.2, 0.25) is 0 Å². The molecule has 0 fully saturated rings. The van der Waals surface area contributed by atoms with Crippen molar-refractivity contribution in [3.8, 4) is 0 Å². The lowest BCUT2D eigenvalue weighted by Gasteiger charge is -2.31. The molecule has 2 atom stereocenters. The first-order valence-electron chi connectivity index (χ1n) is 10.7. The summed E-state index contributed by atoms with van der Waals surface area (Å²) in [5.74, 6) is -0.923. The Hall–Kier alpha value is -1.06. The average molecular weight is 371 g/mol. The summed E-state index contributed by atoms with van der Waals surface area (Å²) >= 11 is 0. The summed E-state index contributed by atoms with van der Waals surface area (Å²) in [6.07, 6.45) is 11.1. The number of ether oxygens (including phenoxy) is 1. The Kier molecular flexibility index (Phi) is 12.6. The Balaban J connectivity index is 4.56. The first-order valence-corrected chi connectivity index (χ1v) is 10.7. The van der Waals surface area contributed by atoms with Crippen LogP contribution in [0, 0.1) is 10.8 Å². The van der Waals surface area contributed by atoms with Gasteiger partial charge in [0.15, 0.2) is 0 Å². The van der Waals surface area contributed by atoms with Gasteiger partial charge in [0.25, 0.3) is 0 Å². The maximum absolute atomic E-state index is 12.6. The summed E-state index contributed by atoms with van der Waals surface area (Å²) in [5, 5.41) is 9.67. The maximum Gasteiger partial charge on any atom is 0.311 e. The summed E-state index contributed by atoms with van der Waals surface area (Å²) in [4.78, 5) is 24.3. The topological polar surface area (TPSA) is 63.6 Å². The first kappa shape index (κ1) is 24.9. The first-order chi connectivity index (χ1) is 12.3. The van der Waals surface area contributed by atoms with Gasteiger partial charge in [0.1, 0.15) is 0 Å². The summed E-state index contributed by atoms with van der Waals surface area (Å²) in [6, 6.07) is 0. The van der Waals surface area contributed by atoms with Crippen molar-refractivity contribution in [3.05, 3.63) is 0 Å². The van der Waals surface area contributed by atoms with Gasteiger partial charge < -0.3 is 9.84 Å². The fourth-order valence-electron chi connectivity index (χ4n) is 3.12. The standard InChI is InChI=1S/C22H42O4/c1-6-9-11-12-14-18-26-20(25)21(4,8-3)16-17-22(5,19(23)24)15-13-10-7-2/h6-18H2,1-5H3,(H,23,24). The number of hydrogen-bond acceptors (Lipinski definition) is 3. The molecule has 154 valence electrons. The van der Waals surface area contributed by atoms with Crippen LogP contribution in [0.3, 0.4) is 0 Å². The molecule has 0 radical (unpaired) electrons. The normalized spacial score (nSPS) is 15.9. The highest BCUT2D eigenvalue weighted by molar-refractivity contribution is 5.77. The monoisotopic (exact) mass is 370 g/mol. The van der Waals surface area contributed by atoms with Gasteiger partial charge in [-0.3, -0.25) is 9.59 Å². The van der Waals surface area contributed by atoms with Crippen LogP contribution in [0.25, 0.3) is 0 Å². The number of carbonyl (C=O) groups excluding carboxylic acids is 1. The van der Waals surface area contributed by atoms with E-state index in [4.69, 9.17) is 4.74 Å². The summed E-state index contributed by atoms with van der Waals surface area (Å²) in [7, 11) is 0. The molecular formula is C22H42O4. The smallest absolute Gasteiger partial charge is 0.311 e. The molecule has 0 aliphatic heterocycles. The SMILES string of the molecule is CCCCCCCOC(=O)C(C)(CC)CCC(C)(CCCCC)C(=O)O. The molecular weight excluding hydrogens is 328 g/mol. The Morgan fingerprint density at radius 3 is 1.85 bits per heavy atom. The molecule has 4 heteroatoms. The van der Waals surface area contributed by atoms with E-state index in [9.17, 15) is 14.7 Å². The van der Waals surface area contributed by atoms with Crippen molar-refractivity contribution in [2.75, 3.05) is 6.61 Å². The largest absolute Gasteiger partial charge is 0.481 e. The highest BCUT2D eigenvalue weighted by atomic mass is 16.5. The van der Waals surface area contributed by atoms with E-state index >= 15 is 0 Å². The third-order valence-corrected chi connectivity index (χ3v) is 5.83. The molecule has 0 aromatic rings. The van der Waals surface area contributed by atoms with E-state index in [2.05, 4.69) is 13.8 Å². The maximum atomic E-state index is 12.6. The van der Waals surface area contributed by atoms with Crippen LogP contribution in [0.5, 0.6) is 0 Å². The Labute approximate surface area is 161 Å². The van der Waals surface area contributed by atoms with Gasteiger partial charge in [0, 0.05) is 0 Å². The van der Waals surface area contributed by atoms with Gasteiger partial charge in [-0.2, -0.15) is 0 Å². The van der Waals surface area contributed by atoms with Crippen LogP contribution in [-0.2, 0) is 14.3 Å². The lowest BCUT2D eigenvalue weighted by atomic mass is 9.73. The quantitative estimate of drug-likeness (QED) is 0.253. The third kappa shape index (κ3) is 9.05. The second-order valence-electron chi connectivity index (χ2n) is 8.29. The van der Waals surface area contributed by atoms with Gasteiger partial charge in [0.05, 0.1) is 17.4 Å². The molecule has 0 spiro atoms. The van der Waals surface area contributed by atoms with Crippen LogP contribution in [0.4, 0.5) is 0 Å². The van der Waals surface area contributed by atoms with Crippen LogP contribution in [-0.4, -0.2) is 23.7 Å². The highest BCUT2D eigenvalue weighted by Crippen LogP contribution is 2.38. The number of carboxylic acid groups (broad SMARTS) is 1. The van der Waals surface area contributed by atoms with Crippen molar-refractivity contribution in [3.63, 3.8) is 0 Å². The molecule has 0 rings (SSSR count). The van der Waals surface area contributed by atoms with E-state index in [1.165, 1.54) is 19.3 Å². The number of unbranched alkanes of at least 4 members (excludes halogenated alkanes) is 6. The fourth-order valence-corrected chi connectivity index (χ4v) is 3.12. The third-order valence-electron chi connectivity index (χ3n) is 5.83. The van der Waals surface area contributed by atoms with Crippen molar-refractivity contribution >= 4 is 11.9 Å². The van der Waals surface area contributed by atoms with E-state index in [-0.39, 0.29) is 5.97 Å². The van der Waals surface area contributed by atoms with Crippen molar-refractivity contribution in [2.24, 2.45) is 10.8 Å². The van der Waals surface area contributed by atoms with E-state index in [1.54, 1.807) is 0 Å². The predicted octanol–water partition coefficient (Wildman–Crippen LogP) is 6.37. The minimum Gasteiger partial charge on any atom is -0.481 e. The lowest BCUT2D eigenvalue weighted by Crippen LogP contribution is -2.34. The Morgan fingerprint density at radius 2 is 1.31 bits per heavy atom. The Bertz CT molecular complexity index is 407. The minimum atomic E-state index is -0.758. The Morgan fingerprint density at radius 1 is 0.769 bits per heavy atom. The molecule has 0 saturated heterocycles. The van der Waals surface area contributed by atoms with E-state index in [1.807, 2.05) is 20.8 Å². The summed E-state index contributed by atoms with van der Waals surface area (Å²) in [5.41, 5.74) is -1.35. The molecule has 0 saturated carbocycles. The van der Waals surface area contributed by atoms with E-state index in [0.29, 0.717) is 32.3 Å². The number of rotatable bonds is 16. The average Bonchev–Trinajstić information content (AvgIpc) is 2.62. The highest BCUT2D eigenvalue weighted by Gasteiger charge is 2.39. The molecule has 0 heterocycles. The lowest BCUT2D eigenvalue weighted by molar-refractivity contribution is -0.158. The van der Waals surface area contributed by atoms with E-state index in [0.717, 1.165) is 32.1 Å². The molecule has 0 aliphatic carbocycles. The zero-order valence-corrected chi connectivity index (χ0v) is 17.9. The number of carboxylic acids is 1. The van der Waals surface area contributed by atoms with Crippen LogP contribution < -0.4 is 0 Å². The number of hydrogen-bond donors (Lipinski definition) is 1. The van der Waals surface area contributed by atoms with Crippen LogP contribution in [0.2, 0.25) is 0 Å². The van der Waals surface area contributed by atoms with E-state index < -0.39 is 16.8 Å². The van der Waals surface area contributed by atoms with Gasteiger partial charge in [-0.15, -0.1) is 0 Å². The van der Waals surface area contributed by atoms with Gasteiger partial charge in [-0.05, 0) is 46.0 Å². The predicted molar refractivity (Wildman–Crippen MR) is 107 cm³/mol. The van der Waals surface area contributed by atoms with Crippen LogP contribution in [0.1, 0.15) is 112 Å². The molecule has 0 aromatic heterocycles. The van der Waals surface area contributed by atoms with Gasteiger partial charge in [-0.1, -0.05) is 65.7 Å². The molecule has 0 aliphatic rings. The molecule has 0 aromatic carbocycles. The van der Waals surface area contributed by atoms with Gasteiger partial charge >= 0.3 is 11.9 Å². The molecule has 4 nitrogen and oxygen atoms in total. The zero-order chi connectivity index (χ0) is 20.1.